The van der Waals surface area contributed by atoms with Crippen molar-refractivity contribution in [3.8, 4) is 0 Å². The highest BCUT2D eigenvalue weighted by molar-refractivity contribution is 6.30. The summed E-state index contributed by atoms with van der Waals surface area (Å²) in [6.07, 6.45) is 8.86. The highest BCUT2D eigenvalue weighted by atomic mass is 35.5. The van der Waals surface area contributed by atoms with Gasteiger partial charge in [0, 0.05) is 43.9 Å². The predicted octanol–water partition coefficient (Wildman–Crippen LogP) is 4.14. The molecule has 4 heterocycles. The third-order valence-corrected chi connectivity index (χ3v) is 10.3. The van der Waals surface area contributed by atoms with Crippen LogP contribution in [0.1, 0.15) is 50.2 Å². The van der Waals surface area contributed by atoms with E-state index in [0.717, 1.165) is 12.8 Å². The molecule has 12 heteroatoms. The molecular formula is C38H44ClN3O8. The summed E-state index contributed by atoms with van der Waals surface area (Å²) in [5, 5.41) is 12.8. The maximum absolute atomic E-state index is 14.9. The van der Waals surface area contributed by atoms with E-state index in [1.807, 2.05) is 42.5 Å². The summed E-state index contributed by atoms with van der Waals surface area (Å²) >= 11 is 6.21. The van der Waals surface area contributed by atoms with Gasteiger partial charge in [-0.15, -0.1) is 0 Å². The molecule has 2 saturated heterocycles. The lowest BCUT2D eigenvalue weighted by Gasteiger charge is -2.36. The first kappa shape index (κ1) is 35.8. The number of aliphatic hydroxyl groups excluding tert-OH is 1. The summed E-state index contributed by atoms with van der Waals surface area (Å²) < 4.78 is 18.4. The summed E-state index contributed by atoms with van der Waals surface area (Å²) in [4.78, 5) is 60.2. The highest BCUT2D eigenvalue weighted by Gasteiger charge is 2.73. The van der Waals surface area contributed by atoms with Crippen molar-refractivity contribution in [2.24, 2.45) is 11.8 Å². The number of ether oxygens (including phenoxy) is 3. The number of hydrogen-bond donors (Lipinski definition) is 2. The molecule has 5 bridgehead atoms. The van der Waals surface area contributed by atoms with Crippen LogP contribution in [0.4, 0.5) is 5.69 Å². The van der Waals surface area contributed by atoms with Crippen molar-refractivity contribution < 1.29 is 38.5 Å². The number of esters is 1. The molecule has 0 unspecified atom stereocenters. The van der Waals surface area contributed by atoms with Crippen molar-refractivity contribution in [3.63, 3.8) is 0 Å². The van der Waals surface area contributed by atoms with Gasteiger partial charge < -0.3 is 34.4 Å². The number of hydrogen-bond acceptors (Lipinski definition) is 8. The number of likely N-dealkylation sites (tertiary alicyclic amines) is 1. The van der Waals surface area contributed by atoms with E-state index < -0.39 is 47.7 Å². The van der Waals surface area contributed by atoms with Crippen LogP contribution >= 0.6 is 11.6 Å². The van der Waals surface area contributed by atoms with Crippen LogP contribution in [0.15, 0.2) is 78.9 Å². The number of carbonyl (C=O) groups excluding carboxylic acids is 4. The van der Waals surface area contributed by atoms with E-state index >= 15 is 0 Å². The van der Waals surface area contributed by atoms with Crippen LogP contribution in [0, 0.1) is 11.8 Å². The summed E-state index contributed by atoms with van der Waals surface area (Å²) in [6.45, 7) is 0.601. The van der Waals surface area contributed by atoms with Crippen molar-refractivity contribution in [2.75, 3.05) is 38.3 Å². The van der Waals surface area contributed by atoms with Gasteiger partial charge in [-0.2, -0.15) is 0 Å². The number of nitrogens with one attached hydrogen (secondary N) is 1. The third kappa shape index (κ3) is 7.10. The van der Waals surface area contributed by atoms with Crippen LogP contribution in [0.25, 0.3) is 0 Å². The second-order valence-electron chi connectivity index (χ2n) is 13.2. The SMILES string of the molecule is COC[C@H]1NC(=O)CC/C=C\CN(c2ccc(Cl)cc2)C(=O)[C@@H]2N(CCCCCCO)C(=O)[C@H]3[C@H](C(=O)O[C@@H]1c1ccccc1)[C@@H]1C=C[C@]23O1. The Bertz CT molecular complexity index is 1600. The van der Waals surface area contributed by atoms with Gasteiger partial charge in [-0.05, 0) is 49.1 Å². The minimum atomic E-state index is -1.39. The Morgan fingerprint density at radius 2 is 1.74 bits per heavy atom. The van der Waals surface area contributed by atoms with Crippen LogP contribution in [-0.4, -0.2) is 90.9 Å². The number of unbranched alkanes of at least 4 members (excludes halogenated alkanes) is 3. The van der Waals surface area contributed by atoms with Gasteiger partial charge in [0.1, 0.15) is 23.7 Å². The van der Waals surface area contributed by atoms with E-state index in [4.69, 9.17) is 25.8 Å². The summed E-state index contributed by atoms with van der Waals surface area (Å²) in [6, 6.07) is 14.2. The fourth-order valence-electron chi connectivity index (χ4n) is 7.70. The number of amides is 3. The molecule has 2 aromatic rings. The number of benzene rings is 2. The minimum Gasteiger partial charge on any atom is -0.455 e. The Hall–Kier alpha value is -4.03. The lowest BCUT2D eigenvalue weighted by Crippen LogP contribution is -2.56. The van der Waals surface area contributed by atoms with Crippen LogP contribution in [-0.2, 0) is 33.4 Å². The minimum absolute atomic E-state index is 0.0713. The molecule has 7 atom stereocenters. The molecule has 0 aromatic heterocycles. The van der Waals surface area contributed by atoms with Gasteiger partial charge >= 0.3 is 5.97 Å². The summed E-state index contributed by atoms with van der Waals surface area (Å²) in [5.41, 5.74) is -0.155. The second-order valence-corrected chi connectivity index (χ2v) is 13.6. The van der Waals surface area contributed by atoms with Crippen LogP contribution in [0.5, 0.6) is 0 Å². The number of carbonyl (C=O) groups is 4. The largest absolute Gasteiger partial charge is 0.455 e. The Balaban J connectivity index is 1.42. The van der Waals surface area contributed by atoms with Crippen LogP contribution in [0.2, 0.25) is 5.02 Å². The number of halogens is 1. The second kappa shape index (κ2) is 15.9. The predicted molar refractivity (Wildman–Crippen MR) is 186 cm³/mol. The van der Waals surface area contributed by atoms with Crippen LogP contribution in [0.3, 0.4) is 0 Å². The highest BCUT2D eigenvalue weighted by Crippen LogP contribution is 2.56. The van der Waals surface area contributed by atoms with Gasteiger partial charge in [-0.25, -0.2) is 0 Å². The molecule has 3 amide bonds. The van der Waals surface area contributed by atoms with E-state index in [2.05, 4.69) is 5.32 Å². The Labute approximate surface area is 297 Å². The number of allylic oxidation sites excluding steroid dienone is 1. The fraction of sp³-hybridized carbons (Fsp3) is 0.474. The quantitative estimate of drug-likeness (QED) is 0.214. The molecule has 0 saturated carbocycles. The van der Waals surface area contributed by atoms with Gasteiger partial charge in [0.25, 0.3) is 5.91 Å². The lowest BCUT2D eigenvalue weighted by atomic mass is 9.74. The van der Waals surface area contributed by atoms with Crippen molar-refractivity contribution in [1.29, 1.82) is 0 Å². The molecule has 6 rings (SSSR count). The summed E-state index contributed by atoms with van der Waals surface area (Å²) in [7, 11) is 1.51. The number of rotatable bonds is 10. The van der Waals surface area contributed by atoms with E-state index in [0.29, 0.717) is 35.5 Å². The number of methoxy groups -OCH3 is 1. The molecular weight excluding hydrogens is 662 g/mol. The summed E-state index contributed by atoms with van der Waals surface area (Å²) in [5.74, 6) is -3.62. The number of aliphatic hydroxyl groups is 1. The molecule has 50 heavy (non-hydrogen) atoms. The molecule has 4 aliphatic rings. The smallest absolute Gasteiger partial charge is 0.313 e. The van der Waals surface area contributed by atoms with E-state index in [-0.39, 0.29) is 50.4 Å². The fourth-order valence-corrected chi connectivity index (χ4v) is 7.83. The van der Waals surface area contributed by atoms with E-state index in [9.17, 15) is 24.3 Å². The Morgan fingerprint density at radius 3 is 2.48 bits per heavy atom. The molecule has 266 valence electrons. The molecule has 2 fully saturated rings. The number of nitrogens with zero attached hydrogens (tertiary/aromatic N) is 2. The first-order valence-corrected chi connectivity index (χ1v) is 17.7. The van der Waals surface area contributed by atoms with Crippen LogP contribution < -0.4 is 10.2 Å². The molecule has 4 aliphatic heterocycles. The standard InChI is InChI=1S/C38H44ClN3O8/c1-48-24-28-33(25-12-6-4-7-13-25)49-37(47)31-29-19-20-38(50-29)32(31)35(45)42(22-9-2-3-11-23-43)34(38)36(46)41(27-17-15-26(39)16-18-27)21-10-5-8-14-30(44)40-28/h4-7,10,12-13,15-20,28-29,31-34,43H,2-3,8-9,11,14,21-24H2,1H3,(H,40,44)/b10-5-/t28-,29+,31-,32-,33-,34+,38-/m1/s1. The Morgan fingerprint density at radius 1 is 0.980 bits per heavy atom. The number of fused-ring (bicyclic) bond motifs is 2. The Kier molecular flexibility index (Phi) is 11.4. The normalized spacial score (nSPS) is 30.4. The maximum atomic E-state index is 14.9. The van der Waals surface area contributed by atoms with Crippen molar-refractivity contribution >= 4 is 41.0 Å². The zero-order chi connectivity index (χ0) is 35.3. The number of cyclic esters (lactones) is 1. The van der Waals surface area contributed by atoms with Gasteiger partial charge in [0.15, 0.2) is 0 Å². The third-order valence-electron chi connectivity index (χ3n) is 10.0. The average molecular weight is 706 g/mol. The molecule has 2 aromatic carbocycles. The zero-order valence-corrected chi connectivity index (χ0v) is 28.9. The van der Waals surface area contributed by atoms with Crippen molar-refractivity contribution in [1.82, 2.24) is 10.2 Å². The van der Waals surface area contributed by atoms with Gasteiger partial charge in [0.05, 0.1) is 24.7 Å². The molecule has 0 aliphatic carbocycles. The molecule has 11 nitrogen and oxygen atoms in total. The zero-order valence-electron chi connectivity index (χ0n) is 28.1. The topological polar surface area (TPSA) is 135 Å². The maximum Gasteiger partial charge on any atom is 0.313 e. The average Bonchev–Trinajstić information content (AvgIpc) is 3.76. The van der Waals surface area contributed by atoms with Gasteiger partial charge in [-0.1, -0.05) is 79.1 Å². The van der Waals surface area contributed by atoms with Crippen molar-refractivity contribution in [2.45, 2.75) is 68.4 Å². The number of anilines is 1. The monoisotopic (exact) mass is 705 g/mol. The van der Waals surface area contributed by atoms with Gasteiger partial charge in [-0.3, -0.25) is 19.2 Å². The lowest BCUT2D eigenvalue weighted by molar-refractivity contribution is -0.162. The molecule has 1 spiro atoms. The van der Waals surface area contributed by atoms with E-state index in [1.165, 1.54) is 7.11 Å². The first-order valence-electron chi connectivity index (χ1n) is 17.3. The van der Waals surface area contributed by atoms with Crippen molar-refractivity contribution in [3.05, 3.63) is 89.5 Å². The first-order chi connectivity index (χ1) is 24.3. The van der Waals surface area contributed by atoms with E-state index in [1.54, 1.807) is 46.2 Å². The molecule has 2 N–H and O–H groups in total. The molecule has 0 radical (unpaired) electrons. The van der Waals surface area contributed by atoms with Gasteiger partial charge in [0.2, 0.25) is 11.8 Å².